The van der Waals surface area contributed by atoms with Gasteiger partial charge >= 0.3 is 6.03 Å². The molecule has 1 aromatic heterocycles. The molecule has 1 fully saturated rings. The smallest absolute Gasteiger partial charge is 0.318 e. The average Bonchev–Trinajstić information content (AvgIpc) is 3.47. The van der Waals surface area contributed by atoms with Crippen molar-refractivity contribution >= 4 is 40.1 Å². The minimum absolute atomic E-state index is 0.0706. The van der Waals surface area contributed by atoms with E-state index < -0.39 is 6.04 Å². The second-order valence-corrected chi connectivity index (χ2v) is 13.3. The number of H-pyrrole nitrogens is 1. The highest BCUT2D eigenvalue weighted by Crippen LogP contribution is 2.35. The highest BCUT2D eigenvalue weighted by atomic mass is 35.5. The van der Waals surface area contributed by atoms with Crippen LogP contribution in [0.5, 0.6) is 11.5 Å². The van der Waals surface area contributed by atoms with E-state index in [0.717, 1.165) is 40.7 Å². The summed E-state index contributed by atoms with van der Waals surface area (Å²) in [6.07, 6.45) is 3.99. The third kappa shape index (κ3) is 6.95. The third-order valence-corrected chi connectivity index (χ3v) is 9.41. The van der Waals surface area contributed by atoms with Crippen LogP contribution in [0.15, 0.2) is 72.9 Å². The third-order valence-electron chi connectivity index (χ3n) is 9.18. The van der Waals surface area contributed by atoms with E-state index in [2.05, 4.69) is 15.2 Å². The average molecular weight is 644 g/mol. The van der Waals surface area contributed by atoms with E-state index in [0.29, 0.717) is 43.2 Å². The van der Waals surface area contributed by atoms with E-state index >= 15 is 0 Å². The number of carbonyl (C=O) groups excluding carboxylic acids is 2. The molecule has 6 rings (SSSR count). The number of hydrogen-bond donors (Lipinski definition) is 3. The van der Waals surface area contributed by atoms with Gasteiger partial charge in [0.1, 0.15) is 23.6 Å². The molecule has 0 spiro atoms. The first-order valence-corrected chi connectivity index (χ1v) is 16.4. The summed E-state index contributed by atoms with van der Waals surface area (Å²) in [5.74, 6) is 0.526. The number of fused-ring (bicyclic) bond motifs is 2. The monoisotopic (exact) mass is 643 g/mol. The summed E-state index contributed by atoms with van der Waals surface area (Å²) in [5.41, 5.74) is 3.85. The quantitative estimate of drug-likeness (QED) is 0.218. The molecule has 242 valence electrons. The summed E-state index contributed by atoms with van der Waals surface area (Å²) < 4.78 is 6.07. The zero-order valence-corrected chi connectivity index (χ0v) is 27.3. The number of aromatic hydroxyl groups is 1. The van der Waals surface area contributed by atoms with Gasteiger partial charge in [-0.05, 0) is 74.0 Å². The molecule has 4 aromatic rings. The van der Waals surface area contributed by atoms with E-state index in [9.17, 15) is 14.7 Å². The first-order valence-electron chi connectivity index (χ1n) is 16.0. The van der Waals surface area contributed by atoms with Crippen LogP contribution in [0.4, 0.5) is 10.5 Å². The summed E-state index contributed by atoms with van der Waals surface area (Å²) in [7, 11) is 4.08. The number of halogens is 1. The van der Waals surface area contributed by atoms with Gasteiger partial charge in [0.15, 0.2) is 0 Å². The molecule has 0 saturated carbocycles. The number of amides is 3. The van der Waals surface area contributed by atoms with E-state index in [-0.39, 0.29) is 35.6 Å². The molecule has 2 aliphatic heterocycles. The molecular weight excluding hydrogens is 602 g/mol. The number of anilines is 1. The molecule has 46 heavy (non-hydrogen) atoms. The van der Waals surface area contributed by atoms with Crippen LogP contribution in [0.1, 0.15) is 36.8 Å². The lowest BCUT2D eigenvalue weighted by Crippen LogP contribution is -2.57. The fourth-order valence-electron chi connectivity index (χ4n) is 6.93. The van der Waals surface area contributed by atoms with Crippen molar-refractivity contribution in [1.29, 1.82) is 0 Å². The van der Waals surface area contributed by atoms with Gasteiger partial charge in [-0.2, -0.15) is 0 Å². The molecule has 3 amide bonds. The Labute approximate surface area is 275 Å². The van der Waals surface area contributed by atoms with E-state index in [1.54, 1.807) is 23.1 Å². The standard InChI is InChI=1S/C36H42ClN5O4/c1-23(31-20-38-32-10-5-4-9-30(31)32)34(35(44)42-22-24(21-40(2)3)17-25-18-26(37)11-12-33(25)42)39-36(45)41-15-13-28(14-16-41)46-29-8-6-7-27(43)19-29/h4-12,18-20,23-24,28,34,38,43H,13-17,21-22H2,1-3H3,(H,39,45)/t23?,24-,34?/m1/s1. The Balaban J connectivity index is 1.25. The van der Waals surface area contributed by atoms with Crippen molar-refractivity contribution in [3.63, 3.8) is 0 Å². The summed E-state index contributed by atoms with van der Waals surface area (Å²) in [6, 6.07) is 19.4. The number of aromatic amines is 1. The van der Waals surface area contributed by atoms with Crippen molar-refractivity contribution in [2.24, 2.45) is 5.92 Å². The zero-order valence-electron chi connectivity index (χ0n) is 26.6. The number of ether oxygens (including phenoxy) is 1. The Morgan fingerprint density at radius 1 is 1.09 bits per heavy atom. The molecule has 0 radical (unpaired) electrons. The molecule has 2 aliphatic rings. The minimum atomic E-state index is -0.811. The Bertz CT molecular complexity index is 1700. The van der Waals surface area contributed by atoms with Crippen LogP contribution in [-0.2, 0) is 11.2 Å². The Morgan fingerprint density at radius 3 is 2.63 bits per heavy atom. The van der Waals surface area contributed by atoms with Crippen molar-refractivity contribution in [1.82, 2.24) is 20.1 Å². The number of hydrogen-bond acceptors (Lipinski definition) is 5. The molecule has 0 bridgehead atoms. The molecule has 3 heterocycles. The van der Waals surface area contributed by atoms with E-state index in [1.807, 2.05) is 80.6 Å². The highest BCUT2D eigenvalue weighted by molar-refractivity contribution is 6.30. The molecule has 3 aromatic carbocycles. The van der Waals surface area contributed by atoms with Gasteiger partial charge in [0.2, 0.25) is 5.91 Å². The molecule has 9 nitrogen and oxygen atoms in total. The maximum Gasteiger partial charge on any atom is 0.318 e. The Morgan fingerprint density at radius 2 is 1.87 bits per heavy atom. The summed E-state index contributed by atoms with van der Waals surface area (Å²) in [6.45, 7) is 4.37. The van der Waals surface area contributed by atoms with E-state index in [4.69, 9.17) is 16.3 Å². The van der Waals surface area contributed by atoms with Gasteiger partial charge in [0, 0.05) is 78.8 Å². The van der Waals surface area contributed by atoms with E-state index in [1.165, 1.54) is 0 Å². The van der Waals surface area contributed by atoms with Gasteiger partial charge in [-0.25, -0.2) is 4.79 Å². The van der Waals surface area contributed by atoms with Crippen LogP contribution in [0.2, 0.25) is 5.02 Å². The lowest BCUT2D eigenvalue weighted by Gasteiger charge is -2.39. The zero-order chi connectivity index (χ0) is 32.4. The number of nitrogens with zero attached hydrogens (tertiary/aromatic N) is 3. The Hall–Kier alpha value is -4.21. The number of phenolic OH excluding ortho intramolecular Hbond substituents is 1. The molecule has 2 unspecified atom stereocenters. The number of urea groups is 1. The fraction of sp³-hybridized carbons (Fsp3) is 0.389. The molecule has 3 atom stereocenters. The van der Waals surface area contributed by atoms with Crippen LogP contribution < -0.4 is 15.0 Å². The highest BCUT2D eigenvalue weighted by Gasteiger charge is 2.38. The van der Waals surface area contributed by atoms with Gasteiger partial charge < -0.3 is 34.8 Å². The van der Waals surface area contributed by atoms with Crippen molar-refractivity contribution < 1.29 is 19.4 Å². The van der Waals surface area contributed by atoms with Gasteiger partial charge in [0.25, 0.3) is 0 Å². The molecule has 1 saturated heterocycles. The van der Waals surface area contributed by atoms with Crippen molar-refractivity contribution in [3.8, 4) is 11.5 Å². The lowest BCUT2D eigenvalue weighted by molar-refractivity contribution is -0.121. The second kappa shape index (κ2) is 13.6. The number of nitrogens with one attached hydrogen (secondary N) is 2. The van der Waals surface area contributed by atoms with Crippen LogP contribution in [-0.4, -0.2) is 84.2 Å². The molecule has 3 N–H and O–H groups in total. The Kier molecular flexibility index (Phi) is 9.42. The number of para-hydroxylation sites is 1. The number of phenols is 1. The number of benzene rings is 3. The second-order valence-electron chi connectivity index (χ2n) is 12.9. The van der Waals surface area contributed by atoms with Gasteiger partial charge in [-0.15, -0.1) is 0 Å². The minimum Gasteiger partial charge on any atom is -0.508 e. The van der Waals surface area contributed by atoms with Gasteiger partial charge in [-0.1, -0.05) is 42.8 Å². The summed E-state index contributed by atoms with van der Waals surface area (Å²) in [4.78, 5) is 37.7. The van der Waals surface area contributed by atoms with Gasteiger partial charge in [0.05, 0.1) is 0 Å². The van der Waals surface area contributed by atoms with Crippen molar-refractivity contribution in [3.05, 3.63) is 89.1 Å². The van der Waals surface area contributed by atoms with Crippen LogP contribution in [0.25, 0.3) is 10.9 Å². The first kappa shape index (κ1) is 31.8. The predicted octanol–water partition coefficient (Wildman–Crippen LogP) is 6.02. The molecular formula is C36H42ClN5O4. The lowest BCUT2D eigenvalue weighted by atomic mass is 9.88. The maximum atomic E-state index is 14.7. The number of aromatic nitrogens is 1. The normalized spacial score (nSPS) is 18.3. The fourth-order valence-corrected chi connectivity index (χ4v) is 7.12. The topological polar surface area (TPSA) is 101 Å². The van der Waals surface area contributed by atoms with Crippen molar-refractivity contribution in [2.45, 2.75) is 44.2 Å². The number of carbonyl (C=O) groups is 2. The van der Waals surface area contributed by atoms with Crippen LogP contribution in [0, 0.1) is 5.92 Å². The van der Waals surface area contributed by atoms with Crippen LogP contribution in [0.3, 0.4) is 0 Å². The molecule has 0 aliphatic carbocycles. The van der Waals surface area contributed by atoms with Crippen molar-refractivity contribution in [2.75, 3.05) is 45.2 Å². The van der Waals surface area contributed by atoms with Crippen LogP contribution >= 0.6 is 11.6 Å². The SMILES string of the molecule is CC(c1c[nH]c2ccccc12)C(NC(=O)N1CCC(Oc2cccc(O)c2)CC1)C(=O)N1C[C@@H](CN(C)C)Cc2cc(Cl)ccc21. The first-order chi connectivity index (χ1) is 22.2. The largest absolute Gasteiger partial charge is 0.508 e. The maximum absolute atomic E-state index is 14.7. The molecule has 10 heteroatoms. The number of piperidine rings is 1. The summed E-state index contributed by atoms with van der Waals surface area (Å²) >= 11 is 6.41. The predicted molar refractivity (Wildman–Crippen MR) is 182 cm³/mol. The number of likely N-dealkylation sites (tertiary alicyclic amines) is 1. The van der Waals surface area contributed by atoms with Gasteiger partial charge in [-0.3, -0.25) is 4.79 Å². The summed E-state index contributed by atoms with van der Waals surface area (Å²) in [5, 5.41) is 14.6. The number of rotatable bonds is 8.